The Hall–Kier alpha value is -2.79. The minimum atomic E-state index is -0.152. The maximum atomic E-state index is 12.7. The number of hydrogen-bond acceptors (Lipinski definition) is 4. The topological polar surface area (TPSA) is 54.9 Å². The second-order valence-corrected chi connectivity index (χ2v) is 6.75. The van der Waals surface area contributed by atoms with Crippen molar-refractivity contribution >= 4 is 43.4 Å². The number of anilines is 1. The molecule has 0 atom stereocenters. The molecule has 2 aromatic carbocycles. The Kier molecular flexibility index (Phi) is 3.50. The van der Waals surface area contributed by atoms with Crippen LogP contribution in [0, 0.1) is 13.8 Å². The minimum absolute atomic E-state index is 0.152. The Morgan fingerprint density at radius 1 is 1.08 bits per heavy atom. The Balaban J connectivity index is 1.74. The van der Waals surface area contributed by atoms with Crippen LogP contribution in [-0.4, -0.2) is 15.9 Å². The van der Waals surface area contributed by atoms with Crippen molar-refractivity contribution in [3.8, 4) is 0 Å². The molecule has 4 nitrogen and oxygen atoms in total. The zero-order chi connectivity index (χ0) is 16.7. The van der Waals surface area contributed by atoms with Gasteiger partial charge in [-0.15, -0.1) is 0 Å². The number of fused-ring (bicyclic) bond motifs is 2. The zero-order valence-corrected chi connectivity index (χ0v) is 14.1. The fraction of sp³-hybridized carbons (Fsp3) is 0.105. The number of amides is 1. The highest BCUT2D eigenvalue weighted by Gasteiger charge is 2.14. The van der Waals surface area contributed by atoms with Gasteiger partial charge in [-0.2, -0.15) is 0 Å². The molecule has 0 aliphatic carbocycles. The zero-order valence-electron chi connectivity index (χ0n) is 13.3. The number of nitrogens with one attached hydrogen (secondary N) is 1. The Labute approximate surface area is 143 Å². The molecule has 0 bridgehead atoms. The maximum absolute atomic E-state index is 12.7. The molecule has 0 saturated heterocycles. The van der Waals surface area contributed by atoms with Gasteiger partial charge in [0.1, 0.15) is 0 Å². The highest BCUT2D eigenvalue weighted by molar-refractivity contribution is 7.22. The first-order valence-electron chi connectivity index (χ1n) is 7.64. The van der Waals surface area contributed by atoms with Crippen molar-refractivity contribution in [2.75, 3.05) is 5.32 Å². The normalized spacial score (nSPS) is 11.1. The second-order valence-electron chi connectivity index (χ2n) is 5.75. The third kappa shape index (κ3) is 2.43. The van der Waals surface area contributed by atoms with E-state index in [4.69, 9.17) is 0 Å². The highest BCUT2D eigenvalue weighted by atomic mass is 32.1. The number of rotatable bonds is 2. The van der Waals surface area contributed by atoms with E-state index in [2.05, 4.69) is 34.3 Å². The van der Waals surface area contributed by atoms with Gasteiger partial charge in [0.2, 0.25) is 0 Å². The van der Waals surface area contributed by atoms with Gasteiger partial charge in [-0.1, -0.05) is 35.6 Å². The SMILES string of the molecule is Cc1ccc(C)c2sc(NC(=O)c3cccc4cnccc34)nc12. The summed E-state index contributed by atoms with van der Waals surface area (Å²) in [6.45, 7) is 4.09. The van der Waals surface area contributed by atoms with Gasteiger partial charge in [0.25, 0.3) is 5.91 Å². The molecule has 118 valence electrons. The average molecular weight is 333 g/mol. The predicted molar refractivity (Wildman–Crippen MR) is 98.8 cm³/mol. The van der Waals surface area contributed by atoms with Crippen molar-refractivity contribution < 1.29 is 4.79 Å². The lowest BCUT2D eigenvalue weighted by Crippen LogP contribution is -2.12. The molecule has 0 aliphatic rings. The molecular weight excluding hydrogens is 318 g/mol. The molecule has 0 aliphatic heterocycles. The molecule has 0 saturated carbocycles. The summed E-state index contributed by atoms with van der Waals surface area (Å²) in [5.74, 6) is -0.152. The molecule has 1 amide bonds. The lowest BCUT2D eigenvalue weighted by Gasteiger charge is -2.05. The smallest absolute Gasteiger partial charge is 0.258 e. The van der Waals surface area contributed by atoms with Crippen LogP contribution in [-0.2, 0) is 0 Å². The van der Waals surface area contributed by atoms with E-state index in [9.17, 15) is 4.79 Å². The van der Waals surface area contributed by atoms with Crippen LogP contribution in [0.1, 0.15) is 21.5 Å². The van der Waals surface area contributed by atoms with E-state index in [1.165, 1.54) is 16.9 Å². The standard InChI is InChI=1S/C19H15N3OS/c1-11-6-7-12(2)17-16(11)21-19(24-17)22-18(23)15-5-3-4-13-10-20-9-8-14(13)15/h3-10H,1-2H3,(H,21,22,23). The van der Waals surface area contributed by atoms with Crippen molar-refractivity contribution in [3.63, 3.8) is 0 Å². The van der Waals surface area contributed by atoms with Crippen molar-refractivity contribution in [2.24, 2.45) is 0 Å². The summed E-state index contributed by atoms with van der Waals surface area (Å²) in [5.41, 5.74) is 3.87. The fourth-order valence-corrected chi connectivity index (χ4v) is 3.80. The quantitative estimate of drug-likeness (QED) is 0.578. The number of nitrogens with zero attached hydrogens (tertiary/aromatic N) is 2. The molecule has 0 spiro atoms. The molecule has 4 aromatic rings. The predicted octanol–water partition coefficient (Wildman–Crippen LogP) is 4.71. The molecular formula is C19H15N3OS. The summed E-state index contributed by atoms with van der Waals surface area (Å²) in [6.07, 6.45) is 3.46. The largest absolute Gasteiger partial charge is 0.298 e. The first-order chi connectivity index (χ1) is 11.6. The van der Waals surface area contributed by atoms with Crippen LogP contribution in [0.25, 0.3) is 21.0 Å². The Morgan fingerprint density at radius 2 is 1.92 bits per heavy atom. The van der Waals surface area contributed by atoms with Crippen molar-refractivity contribution in [1.82, 2.24) is 9.97 Å². The summed E-state index contributed by atoms with van der Waals surface area (Å²) in [4.78, 5) is 21.4. The monoisotopic (exact) mass is 333 g/mol. The summed E-state index contributed by atoms with van der Waals surface area (Å²) < 4.78 is 1.12. The van der Waals surface area contributed by atoms with Crippen molar-refractivity contribution in [3.05, 3.63) is 65.5 Å². The summed E-state index contributed by atoms with van der Waals surface area (Å²) in [6, 6.07) is 11.6. The number of aryl methyl sites for hydroxylation is 2. The van der Waals surface area contributed by atoms with E-state index in [0.29, 0.717) is 10.7 Å². The van der Waals surface area contributed by atoms with E-state index in [0.717, 1.165) is 26.6 Å². The number of pyridine rings is 1. The summed E-state index contributed by atoms with van der Waals surface area (Å²) in [7, 11) is 0. The Morgan fingerprint density at radius 3 is 2.75 bits per heavy atom. The number of aromatic nitrogens is 2. The molecule has 5 heteroatoms. The minimum Gasteiger partial charge on any atom is -0.298 e. The molecule has 0 radical (unpaired) electrons. The second kappa shape index (κ2) is 5.69. The average Bonchev–Trinajstić information content (AvgIpc) is 3.03. The van der Waals surface area contributed by atoms with Gasteiger partial charge in [-0.25, -0.2) is 4.98 Å². The van der Waals surface area contributed by atoms with Gasteiger partial charge in [-0.3, -0.25) is 15.1 Å². The number of thiazole rings is 1. The van der Waals surface area contributed by atoms with Crippen LogP contribution in [0.15, 0.2) is 48.8 Å². The summed E-state index contributed by atoms with van der Waals surface area (Å²) in [5, 5.41) is 5.40. The molecule has 2 heterocycles. The van der Waals surface area contributed by atoms with Crippen LogP contribution in [0.4, 0.5) is 5.13 Å². The number of hydrogen-bond donors (Lipinski definition) is 1. The number of carbonyl (C=O) groups excluding carboxylic acids is 1. The highest BCUT2D eigenvalue weighted by Crippen LogP contribution is 2.31. The lowest BCUT2D eigenvalue weighted by molar-refractivity contribution is 0.102. The van der Waals surface area contributed by atoms with E-state index in [-0.39, 0.29) is 5.91 Å². The first-order valence-corrected chi connectivity index (χ1v) is 8.46. The van der Waals surface area contributed by atoms with Crippen LogP contribution < -0.4 is 5.32 Å². The van der Waals surface area contributed by atoms with Crippen molar-refractivity contribution in [2.45, 2.75) is 13.8 Å². The van der Waals surface area contributed by atoms with Gasteiger partial charge in [0.05, 0.1) is 10.2 Å². The van der Waals surface area contributed by atoms with Gasteiger partial charge < -0.3 is 0 Å². The molecule has 2 aromatic heterocycles. The van der Waals surface area contributed by atoms with E-state index >= 15 is 0 Å². The summed E-state index contributed by atoms with van der Waals surface area (Å²) >= 11 is 1.51. The van der Waals surface area contributed by atoms with Crippen LogP contribution >= 0.6 is 11.3 Å². The maximum Gasteiger partial charge on any atom is 0.258 e. The molecule has 0 fully saturated rings. The third-order valence-corrected chi connectivity index (χ3v) is 5.19. The fourth-order valence-electron chi connectivity index (χ4n) is 2.80. The molecule has 24 heavy (non-hydrogen) atoms. The molecule has 0 unspecified atom stereocenters. The third-order valence-electron chi connectivity index (χ3n) is 4.09. The van der Waals surface area contributed by atoms with Gasteiger partial charge in [0.15, 0.2) is 5.13 Å². The van der Waals surface area contributed by atoms with Gasteiger partial charge >= 0.3 is 0 Å². The first kappa shape index (κ1) is 14.8. The molecule has 1 N–H and O–H groups in total. The van der Waals surface area contributed by atoms with Crippen LogP contribution in [0.3, 0.4) is 0 Å². The molecule has 4 rings (SSSR count). The van der Waals surface area contributed by atoms with Gasteiger partial charge in [0, 0.05) is 23.3 Å². The van der Waals surface area contributed by atoms with E-state index < -0.39 is 0 Å². The lowest BCUT2D eigenvalue weighted by atomic mass is 10.1. The van der Waals surface area contributed by atoms with Crippen molar-refractivity contribution in [1.29, 1.82) is 0 Å². The van der Waals surface area contributed by atoms with Crippen LogP contribution in [0.5, 0.6) is 0 Å². The van der Waals surface area contributed by atoms with Gasteiger partial charge in [-0.05, 0) is 42.5 Å². The van der Waals surface area contributed by atoms with Crippen LogP contribution in [0.2, 0.25) is 0 Å². The van der Waals surface area contributed by atoms with E-state index in [1.807, 2.05) is 31.2 Å². The number of carbonyl (C=O) groups is 1. The van der Waals surface area contributed by atoms with E-state index in [1.54, 1.807) is 12.4 Å². The number of benzene rings is 2. The Bertz CT molecular complexity index is 1040.